The number of hydrogen-bond donors (Lipinski definition) is 3. The van der Waals surface area contributed by atoms with Gasteiger partial charge in [0.1, 0.15) is 18.4 Å². The number of amides is 2. The van der Waals surface area contributed by atoms with Crippen LogP contribution in [0.25, 0.3) is 0 Å². The summed E-state index contributed by atoms with van der Waals surface area (Å²) in [5, 5.41) is 17.8. The van der Waals surface area contributed by atoms with E-state index in [2.05, 4.69) is 11.8 Å². The lowest BCUT2D eigenvalue weighted by Crippen LogP contribution is -2.61. The first-order valence-electron chi connectivity index (χ1n) is 9.23. The van der Waals surface area contributed by atoms with E-state index in [-0.39, 0.29) is 24.6 Å². The largest absolute Gasteiger partial charge is 0.481 e. The van der Waals surface area contributed by atoms with Gasteiger partial charge in [0, 0.05) is 24.1 Å². The SMILES string of the molecule is CN(CC#CCOc1ccc(S(=O)(=O)N2CCSC(C)(C)C2C(=O)NO)cc1)C(=O)O. The van der Waals surface area contributed by atoms with Gasteiger partial charge in [-0.25, -0.2) is 18.7 Å². The summed E-state index contributed by atoms with van der Waals surface area (Å²) in [5.41, 5.74) is 1.57. The smallest absolute Gasteiger partial charge is 0.407 e. The summed E-state index contributed by atoms with van der Waals surface area (Å²) in [7, 11) is -2.60. The Morgan fingerprint density at radius 1 is 1.32 bits per heavy atom. The van der Waals surface area contributed by atoms with Crippen LogP contribution in [0.4, 0.5) is 4.79 Å². The van der Waals surface area contributed by atoms with E-state index in [4.69, 9.17) is 15.1 Å². The molecule has 12 heteroatoms. The summed E-state index contributed by atoms with van der Waals surface area (Å²) in [4.78, 5) is 23.9. The maximum Gasteiger partial charge on any atom is 0.407 e. The molecule has 0 spiro atoms. The molecule has 170 valence electrons. The Balaban J connectivity index is 2.11. The third-order valence-corrected chi connectivity index (χ3v) is 7.83. The number of ether oxygens (including phenoxy) is 1. The van der Waals surface area contributed by atoms with E-state index in [1.807, 2.05) is 0 Å². The number of sulfonamides is 1. The van der Waals surface area contributed by atoms with Gasteiger partial charge in [-0.1, -0.05) is 11.8 Å². The Bertz CT molecular complexity index is 968. The van der Waals surface area contributed by atoms with Crippen LogP contribution in [-0.4, -0.2) is 83.2 Å². The molecule has 0 radical (unpaired) electrons. The minimum absolute atomic E-state index is 0.00698. The fourth-order valence-corrected chi connectivity index (χ4v) is 6.08. The van der Waals surface area contributed by atoms with E-state index in [1.54, 1.807) is 19.3 Å². The van der Waals surface area contributed by atoms with Crippen molar-refractivity contribution in [3.63, 3.8) is 0 Å². The van der Waals surface area contributed by atoms with Gasteiger partial charge in [-0.05, 0) is 38.1 Å². The number of carbonyl (C=O) groups excluding carboxylic acids is 1. The molecule has 2 rings (SSSR count). The minimum Gasteiger partial charge on any atom is -0.481 e. The summed E-state index contributed by atoms with van der Waals surface area (Å²) in [6, 6.07) is 4.63. The molecule has 3 N–H and O–H groups in total. The number of nitrogens with one attached hydrogen (secondary N) is 1. The van der Waals surface area contributed by atoms with Gasteiger partial charge in [-0.15, -0.1) is 0 Å². The second-order valence-corrected chi connectivity index (χ2v) is 10.8. The zero-order chi connectivity index (χ0) is 23.2. The Labute approximate surface area is 185 Å². The fourth-order valence-electron chi connectivity index (χ4n) is 2.98. The first-order chi connectivity index (χ1) is 14.5. The van der Waals surface area contributed by atoms with Crippen LogP contribution in [0.3, 0.4) is 0 Å². The first-order valence-corrected chi connectivity index (χ1v) is 11.7. The van der Waals surface area contributed by atoms with Crippen LogP contribution in [0.2, 0.25) is 0 Å². The van der Waals surface area contributed by atoms with Crippen LogP contribution in [0, 0.1) is 11.8 Å². The van der Waals surface area contributed by atoms with E-state index in [9.17, 15) is 18.0 Å². The van der Waals surface area contributed by atoms with Crippen LogP contribution >= 0.6 is 11.8 Å². The van der Waals surface area contributed by atoms with Crippen LogP contribution in [0.5, 0.6) is 5.75 Å². The van der Waals surface area contributed by atoms with Crippen molar-refractivity contribution in [2.75, 3.05) is 32.5 Å². The van der Waals surface area contributed by atoms with Gasteiger partial charge in [0.2, 0.25) is 10.0 Å². The normalized spacial score (nSPS) is 18.4. The third-order valence-electron chi connectivity index (χ3n) is 4.60. The average molecular weight is 472 g/mol. The number of carbonyl (C=O) groups is 2. The molecule has 1 fully saturated rings. The molecule has 0 aromatic heterocycles. The van der Waals surface area contributed by atoms with Gasteiger partial charge < -0.3 is 14.7 Å². The highest BCUT2D eigenvalue weighted by Gasteiger charge is 2.48. The monoisotopic (exact) mass is 471 g/mol. The third kappa shape index (κ3) is 6.04. The number of benzene rings is 1. The van der Waals surface area contributed by atoms with Crippen molar-refractivity contribution in [2.45, 2.75) is 29.5 Å². The number of rotatable bonds is 6. The number of hydrogen-bond acceptors (Lipinski definition) is 7. The Hall–Kier alpha value is -2.46. The molecule has 1 atom stereocenters. The second kappa shape index (κ2) is 10.2. The lowest BCUT2D eigenvalue weighted by Gasteiger charge is -2.43. The van der Waals surface area contributed by atoms with Gasteiger partial charge in [-0.3, -0.25) is 10.0 Å². The van der Waals surface area contributed by atoms with Crippen molar-refractivity contribution in [3.8, 4) is 17.6 Å². The molecule has 10 nitrogen and oxygen atoms in total. The summed E-state index contributed by atoms with van der Waals surface area (Å²) >= 11 is 1.46. The number of carboxylic acid groups (broad SMARTS) is 1. The molecule has 0 saturated carbocycles. The summed E-state index contributed by atoms with van der Waals surface area (Å²) in [6.45, 7) is 3.70. The Kier molecular flexibility index (Phi) is 8.19. The molecule has 1 aromatic carbocycles. The van der Waals surface area contributed by atoms with Gasteiger partial charge in [0.15, 0.2) is 0 Å². The van der Waals surface area contributed by atoms with Crippen molar-refractivity contribution >= 4 is 33.8 Å². The minimum atomic E-state index is -4.00. The highest BCUT2D eigenvalue weighted by molar-refractivity contribution is 8.00. The highest BCUT2D eigenvalue weighted by Crippen LogP contribution is 2.38. The summed E-state index contributed by atoms with van der Waals surface area (Å²) in [6.07, 6.45) is -1.08. The van der Waals surface area contributed by atoms with E-state index < -0.39 is 32.8 Å². The molecule has 1 aliphatic heterocycles. The number of nitrogens with zero attached hydrogens (tertiary/aromatic N) is 2. The van der Waals surface area contributed by atoms with Gasteiger partial charge in [-0.2, -0.15) is 16.1 Å². The molecule has 1 heterocycles. The van der Waals surface area contributed by atoms with Crippen molar-refractivity contribution in [1.29, 1.82) is 0 Å². The van der Waals surface area contributed by atoms with Gasteiger partial charge >= 0.3 is 6.09 Å². The Morgan fingerprint density at radius 3 is 2.55 bits per heavy atom. The quantitative estimate of drug-likeness (QED) is 0.318. The first kappa shape index (κ1) is 24.8. The molecule has 1 aromatic rings. The van der Waals surface area contributed by atoms with Crippen LogP contribution < -0.4 is 10.2 Å². The van der Waals surface area contributed by atoms with Crippen molar-refractivity contribution in [1.82, 2.24) is 14.7 Å². The van der Waals surface area contributed by atoms with E-state index in [0.717, 1.165) is 9.21 Å². The zero-order valence-electron chi connectivity index (χ0n) is 17.4. The van der Waals surface area contributed by atoms with Gasteiger partial charge in [0.05, 0.1) is 11.4 Å². The lowest BCUT2D eigenvalue weighted by atomic mass is 10.0. The predicted octanol–water partition coefficient (Wildman–Crippen LogP) is 1.07. The number of thioether (sulfide) groups is 1. The van der Waals surface area contributed by atoms with Crippen LogP contribution in [-0.2, 0) is 14.8 Å². The Morgan fingerprint density at radius 2 is 1.97 bits per heavy atom. The maximum atomic E-state index is 13.2. The zero-order valence-corrected chi connectivity index (χ0v) is 19.0. The van der Waals surface area contributed by atoms with E-state index in [0.29, 0.717) is 11.5 Å². The molecule has 1 unspecified atom stereocenters. The fraction of sp³-hybridized carbons (Fsp3) is 0.474. The molecule has 1 saturated heterocycles. The molecule has 0 bridgehead atoms. The molecule has 0 aliphatic carbocycles. The summed E-state index contributed by atoms with van der Waals surface area (Å²) in [5.74, 6) is 5.44. The standard InChI is InChI=1S/C19H25N3O7S2/c1-19(2)16(17(23)20-26)22(11-13-30-19)31(27,28)15-8-6-14(7-9-15)29-12-5-4-10-21(3)18(24)25/h6-9,16,26H,10-13H2,1-3H3,(H,20,23)(H,24,25). The van der Waals surface area contributed by atoms with Crippen LogP contribution in [0.1, 0.15) is 13.8 Å². The topological polar surface area (TPSA) is 136 Å². The van der Waals surface area contributed by atoms with Gasteiger partial charge in [0.25, 0.3) is 5.91 Å². The maximum absolute atomic E-state index is 13.2. The van der Waals surface area contributed by atoms with Crippen molar-refractivity contribution < 1.29 is 33.1 Å². The summed E-state index contributed by atoms with van der Waals surface area (Å²) < 4.78 is 32.2. The van der Waals surface area contributed by atoms with E-state index >= 15 is 0 Å². The molecule has 2 amide bonds. The van der Waals surface area contributed by atoms with Crippen LogP contribution in [0.15, 0.2) is 29.2 Å². The van der Waals surface area contributed by atoms with Crippen molar-refractivity contribution in [3.05, 3.63) is 24.3 Å². The second-order valence-electron chi connectivity index (χ2n) is 7.20. The lowest BCUT2D eigenvalue weighted by molar-refractivity contribution is -0.134. The van der Waals surface area contributed by atoms with E-state index in [1.165, 1.54) is 43.1 Å². The number of hydroxylamine groups is 1. The average Bonchev–Trinajstić information content (AvgIpc) is 2.72. The predicted molar refractivity (Wildman–Crippen MR) is 115 cm³/mol. The van der Waals surface area contributed by atoms with Crippen molar-refractivity contribution in [2.24, 2.45) is 0 Å². The molecular formula is C19H25N3O7S2. The molecule has 31 heavy (non-hydrogen) atoms. The molecule has 1 aliphatic rings. The molecular weight excluding hydrogens is 446 g/mol. The highest BCUT2D eigenvalue weighted by atomic mass is 32.2.